The fourth-order valence-electron chi connectivity index (χ4n) is 4.09. The molecule has 32 heavy (non-hydrogen) atoms. The van der Waals surface area contributed by atoms with Crippen LogP contribution >= 0.6 is 24.0 Å². The highest BCUT2D eigenvalue weighted by molar-refractivity contribution is 8.26. The first-order valence-corrected chi connectivity index (χ1v) is 11.8. The van der Waals surface area contributed by atoms with Crippen LogP contribution in [-0.4, -0.2) is 51.9 Å². The molecule has 1 aromatic rings. The van der Waals surface area contributed by atoms with Crippen LogP contribution in [0.15, 0.2) is 9.70 Å². The number of amides is 1. The molecule has 0 saturated carbocycles. The SMILES string of the molecule is CCOC(=O)C1CCN(c2c(C=C3SC(=S)N(CC)C3=O)c(C)c(C#N)c(=O)n2C)CC1. The van der Waals surface area contributed by atoms with Gasteiger partial charge in [0.2, 0.25) is 0 Å². The van der Waals surface area contributed by atoms with E-state index in [1.54, 1.807) is 27.0 Å². The Bertz CT molecular complexity index is 1090. The molecule has 0 N–H and O–H groups in total. The highest BCUT2D eigenvalue weighted by Crippen LogP contribution is 2.36. The van der Waals surface area contributed by atoms with Gasteiger partial charge in [0.1, 0.15) is 21.8 Å². The molecule has 2 fully saturated rings. The molecule has 2 aliphatic heterocycles. The van der Waals surface area contributed by atoms with Crippen LogP contribution < -0.4 is 10.5 Å². The van der Waals surface area contributed by atoms with Crippen molar-refractivity contribution in [3.8, 4) is 6.07 Å². The van der Waals surface area contributed by atoms with Crippen LogP contribution in [0.3, 0.4) is 0 Å². The van der Waals surface area contributed by atoms with Crippen LogP contribution in [0, 0.1) is 24.2 Å². The molecule has 1 amide bonds. The van der Waals surface area contributed by atoms with Crippen molar-refractivity contribution in [3.05, 3.63) is 31.9 Å². The second kappa shape index (κ2) is 9.88. The number of likely N-dealkylation sites (N-methyl/N-ethyl adjacent to an activating group) is 1. The number of ether oxygens (including phenoxy) is 1. The van der Waals surface area contributed by atoms with E-state index in [-0.39, 0.29) is 28.9 Å². The van der Waals surface area contributed by atoms with E-state index in [0.717, 1.165) is 0 Å². The lowest BCUT2D eigenvalue weighted by Gasteiger charge is -2.35. The molecule has 0 atom stereocenters. The molecule has 2 aliphatic rings. The van der Waals surface area contributed by atoms with Gasteiger partial charge in [-0.3, -0.25) is 23.9 Å². The number of nitrogens with zero attached hydrogens (tertiary/aromatic N) is 4. The Morgan fingerprint density at radius 1 is 1.31 bits per heavy atom. The Morgan fingerprint density at radius 2 is 1.97 bits per heavy atom. The molecule has 3 heterocycles. The van der Waals surface area contributed by atoms with Gasteiger partial charge in [0.15, 0.2) is 0 Å². The number of pyridine rings is 1. The van der Waals surface area contributed by atoms with Crippen LogP contribution in [0.4, 0.5) is 5.82 Å². The van der Waals surface area contributed by atoms with Crippen molar-refractivity contribution in [1.82, 2.24) is 9.47 Å². The number of carbonyl (C=O) groups is 2. The number of hydrogen-bond acceptors (Lipinski definition) is 8. The molecular formula is C22H26N4O4S2. The van der Waals surface area contributed by atoms with Gasteiger partial charge in [-0.25, -0.2) is 0 Å². The number of carbonyl (C=O) groups excluding carboxylic acids is 2. The van der Waals surface area contributed by atoms with E-state index >= 15 is 0 Å². The Kier molecular flexibility index (Phi) is 7.41. The zero-order valence-electron chi connectivity index (χ0n) is 18.6. The minimum atomic E-state index is -0.384. The second-order valence-electron chi connectivity index (χ2n) is 7.65. The van der Waals surface area contributed by atoms with Gasteiger partial charge in [0.05, 0.1) is 17.4 Å². The van der Waals surface area contributed by atoms with Gasteiger partial charge in [-0.2, -0.15) is 5.26 Å². The Morgan fingerprint density at radius 3 is 2.50 bits per heavy atom. The first-order valence-electron chi connectivity index (χ1n) is 10.6. The molecule has 0 spiro atoms. The Hall–Kier alpha value is -2.64. The fourth-order valence-corrected chi connectivity index (χ4v) is 5.45. The van der Waals surface area contributed by atoms with Crippen LogP contribution in [-0.2, 0) is 21.4 Å². The molecular weight excluding hydrogens is 448 g/mol. The summed E-state index contributed by atoms with van der Waals surface area (Å²) >= 11 is 6.54. The van der Waals surface area contributed by atoms with Crippen molar-refractivity contribution in [1.29, 1.82) is 5.26 Å². The van der Waals surface area contributed by atoms with Crippen LogP contribution in [0.2, 0.25) is 0 Å². The standard InChI is InChI=1S/C22H26N4O4S2/c1-5-26-20(28)17(32-22(26)31)11-15-13(3)16(12-23)19(27)24(4)18(15)25-9-7-14(8-10-25)21(29)30-6-2/h11,14H,5-10H2,1-4H3. The summed E-state index contributed by atoms with van der Waals surface area (Å²) in [7, 11) is 1.63. The van der Waals surface area contributed by atoms with Gasteiger partial charge in [-0.15, -0.1) is 0 Å². The van der Waals surface area contributed by atoms with Crippen molar-refractivity contribution in [2.45, 2.75) is 33.6 Å². The van der Waals surface area contributed by atoms with Crippen molar-refractivity contribution >= 4 is 52.1 Å². The van der Waals surface area contributed by atoms with E-state index in [1.807, 2.05) is 17.9 Å². The van der Waals surface area contributed by atoms with Crippen molar-refractivity contribution in [3.63, 3.8) is 0 Å². The topological polar surface area (TPSA) is 95.6 Å². The molecule has 8 nitrogen and oxygen atoms in total. The summed E-state index contributed by atoms with van der Waals surface area (Å²) < 4.78 is 7.10. The molecule has 2 saturated heterocycles. The maximum absolute atomic E-state index is 12.9. The maximum Gasteiger partial charge on any atom is 0.309 e. The van der Waals surface area contributed by atoms with Gasteiger partial charge in [0.25, 0.3) is 11.5 Å². The first-order chi connectivity index (χ1) is 15.2. The Labute approximate surface area is 196 Å². The largest absolute Gasteiger partial charge is 0.466 e. The first kappa shape index (κ1) is 24.0. The average Bonchev–Trinajstić information content (AvgIpc) is 3.05. The third-order valence-corrected chi connectivity index (χ3v) is 7.23. The lowest BCUT2D eigenvalue weighted by atomic mass is 9.95. The van der Waals surface area contributed by atoms with Crippen molar-refractivity contribution < 1.29 is 14.3 Å². The summed E-state index contributed by atoms with van der Waals surface area (Å²) in [6.45, 7) is 7.31. The molecule has 0 bridgehead atoms. The van der Waals surface area contributed by atoms with Gasteiger partial charge in [-0.1, -0.05) is 24.0 Å². The maximum atomic E-state index is 12.9. The predicted octanol–water partition coefficient (Wildman–Crippen LogP) is 2.57. The summed E-state index contributed by atoms with van der Waals surface area (Å²) in [5.41, 5.74) is 0.843. The quantitative estimate of drug-likeness (QED) is 0.365. The molecule has 10 heteroatoms. The lowest BCUT2D eigenvalue weighted by Crippen LogP contribution is -2.40. The number of hydrogen-bond donors (Lipinski definition) is 0. The van der Waals surface area contributed by atoms with E-state index in [4.69, 9.17) is 17.0 Å². The fraction of sp³-hybridized carbons (Fsp3) is 0.500. The highest BCUT2D eigenvalue weighted by atomic mass is 32.2. The number of thiocarbonyl (C=S) groups is 1. The van der Waals surface area contributed by atoms with Crippen molar-refractivity contribution in [2.24, 2.45) is 13.0 Å². The zero-order chi connectivity index (χ0) is 23.6. The zero-order valence-corrected chi connectivity index (χ0v) is 20.3. The molecule has 0 aromatic carbocycles. The van der Waals surface area contributed by atoms with Gasteiger partial charge in [-0.05, 0) is 45.3 Å². The highest BCUT2D eigenvalue weighted by Gasteiger charge is 2.33. The molecule has 3 rings (SSSR count). The summed E-state index contributed by atoms with van der Waals surface area (Å²) in [5.74, 6) is 0.0873. The van der Waals surface area contributed by atoms with Gasteiger partial charge < -0.3 is 9.64 Å². The number of esters is 1. The third-order valence-electron chi connectivity index (χ3n) is 5.85. The van der Waals surface area contributed by atoms with Crippen LogP contribution in [0.5, 0.6) is 0 Å². The summed E-state index contributed by atoms with van der Waals surface area (Å²) in [6.07, 6.45) is 2.93. The number of anilines is 1. The number of piperidine rings is 1. The normalized spacial score (nSPS) is 18.4. The molecule has 170 valence electrons. The third kappa shape index (κ3) is 4.32. The van der Waals surface area contributed by atoms with Crippen molar-refractivity contribution in [2.75, 3.05) is 31.1 Å². The van der Waals surface area contributed by atoms with E-state index in [0.29, 0.717) is 65.3 Å². The molecule has 0 aliphatic carbocycles. The van der Waals surface area contributed by atoms with E-state index < -0.39 is 0 Å². The molecule has 0 radical (unpaired) electrons. The molecule has 0 unspecified atom stereocenters. The van der Waals surface area contributed by atoms with Gasteiger partial charge >= 0.3 is 5.97 Å². The lowest BCUT2D eigenvalue weighted by molar-refractivity contribution is -0.148. The summed E-state index contributed by atoms with van der Waals surface area (Å²) in [5, 5.41) is 9.58. The number of thioether (sulfide) groups is 1. The summed E-state index contributed by atoms with van der Waals surface area (Å²) in [6, 6.07) is 2.01. The minimum Gasteiger partial charge on any atom is -0.466 e. The average molecular weight is 475 g/mol. The van der Waals surface area contributed by atoms with Crippen LogP contribution in [0.1, 0.15) is 43.4 Å². The van der Waals surface area contributed by atoms with E-state index in [2.05, 4.69) is 0 Å². The monoisotopic (exact) mass is 474 g/mol. The number of aromatic nitrogens is 1. The number of nitriles is 1. The molecule has 1 aromatic heterocycles. The van der Waals surface area contributed by atoms with E-state index in [1.165, 1.54) is 21.2 Å². The Balaban J connectivity index is 2.06. The predicted molar refractivity (Wildman–Crippen MR) is 128 cm³/mol. The number of rotatable bonds is 5. The minimum absolute atomic E-state index is 0.0508. The van der Waals surface area contributed by atoms with Crippen LogP contribution in [0.25, 0.3) is 6.08 Å². The van der Waals surface area contributed by atoms with E-state index in [9.17, 15) is 19.6 Å². The van der Waals surface area contributed by atoms with Gasteiger partial charge in [0, 0.05) is 32.2 Å². The summed E-state index contributed by atoms with van der Waals surface area (Å²) in [4.78, 5) is 41.8. The smallest absolute Gasteiger partial charge is 0.309 e. The second-order valence-corrected chi connectivity index (χ2v) is 9.33.